The van der Waals surface area contributed by atoms with Gasteiger partial charge in [-0.25, -0.2) is 0 Å². The highest BCUT2D eigenvalue weighted by Crippen LogP contribution is 2.39. The van der Waals surface area contributed by atoms with Gasteiger partial charge in [-0.15, -0.1) is 0 Å². The molecule has 0 bridgehead atoms. The van der Waals surface area contributed by atoms with Crippen molar-refractivity contribution in [1.82, 2.24) is 0 Å². The molecule has 0 saturated heterocycles. The Labute approximate surface area is 138 Å². The molecule has 4 nitrogen and oxygen atoms in total. The molecule has 0 heterocycles. The van der Waals surface area contributed by atoms with Crippen LogP contribution in [0.25, 0.3) is 0 Å². The van der Waals surface area contributed by atoms with Crippen molar-refractivity contribution >= 4 is 33.5 Å². The number of carbonyl (C=O) groups excluding carboxylic acids is 3. The molecular formula is C17H19BrO4. The Hall–Kier alpha value is -1.49. The Morgan fingerprint density at radius 1 is 1.23 bits per heavy atom. The van der Waals surface area contributed by atoms with Crippen molar-refractivity contribution in [3.63, 3.8) is 0 Å². The number of hydrogen-bond donors (Lipinski definition) is 0. The van der Waals surface area contributed by atoms with E-state index in [1.807, 2.05) is 0 Å². The van der Waals surface area contributed by atoms with E-state index in [0.717, 1.165) is 17.3 Å². The fourth-order valence-electron chi connectivity index (χ4n) is 2.85. The third-order valence-corrected chi connectivity index (χ3v) is 4.61. The first-order valence-electron chi connectivity index (χ1n) is 7.49. The Morgan fingerprint density at radius 3 is 2.50 bits per heavy atom. The van der Waals surface area contributed by atoms with E-state index in [0.29, 0.717) is 18.4 Å². The van der Waals surface area contributed by atoms with E-state index in [4.69, 9.17) is 4.74 Å². The summed E-state index contributed by atoms with van der Waals surface area (Å²) in [6, 6.07) is 6.93. The van der Waals surface area contributed by atoms with Crippen molar-refractivity contribution in [2.75, 3.05) is 6.61 Å². The van der Waals surface area contributed by atoms with Crippen LogP contribution < -0.4 is 0 Å². The Morgan fingerprint density at radius 2 is 1.91 bits per heavy atom. The SMILES string of the molecule is CCOC(=O)C1(CC(=O)c2ccc(Br)cc2)CCCCC1=O. The molecule has 1 aromatic carbocycles. The zero-order chi connectivity index (χ0) is 16.2. The van der Waals surface area contributed by atoms with Gasteiger partial charge in [-0.1, -0.05) is 34.5 Å². The summed E-state index contributed by atoms with van der Waals surface area (Å²) in [6.45, 7) is 1.91. The molecule has 0 aliphatic heterocycles. The topological polar surface area (TPSA) is 60.4 Å². The number of hydrogen-bond acceptors (Lipinski definition) is 4. The standard InChI is InChI=1S/C17H19BrO4/c1-2-22-16(21)17(10-4-3-5-15(17)20)11-14(19)12-6-8-13(18)9-7-12/h6-9H,2-5,10-11H2,1H3. The number of esters is 1. The van der Waals surface area contributed by atoms with Crippen LogP contribution in [0.1, 0.15) is 49.4 Å². The third-order valence-electron chi connectivity index (χ3n) is 4.09. The number of rotatable bonds is 5. The number of carbonyl (C=O) groups is 3. The fraction of sp³-hybridized carbons (Fsp3) is 0.471. The van der Waals surface area contributed by atoms with Crippen LogP contribution >= 0.6 is 15.9 Å². The van der Waals surface area contributed by atoms with E-state index < -0.39 is 11.4 Å². The van der Waals surface area contributed by atoms with Gasteiger partial charge in [0.15, 0.2) is 11.6 Å². The molecule has 0 amide bonds. The molecule has 1 aliphatic rings. The summed E-state index contributed by atoms with van der Waals surface area (Å²) in [6.07, 6.45) is 2.16. The van der Waals surface area contributed by atoms with Crippen LogP contribution in [0, 0.1) is 5.41 Å². The molecule has 1 aliphatic carbocycles. The van der Waals surface area contributed by atoms with Gasteiger partial charge >= 0.3 is 5.97 Å². The molecule has 1 fully saturated rings. The minimum atomic E-state index is -1.29. The van der Waals surface area contributed by atoms with Gasteiger partial charge < -0.3 is 4.74 Å². The second-order valence-corrected chi connectivity index (χ2v) is 6.46. The zero-order valence-electron chi connectivity index (χ0n) is 12.6. The second kappa shape index (κ2) is 7.18. The highest BCUT2D eigenvalue weighted by Gasteiger charge is 2.49. The molecule has 118 valence electrons. The van der Waals surface area contributed by atoms with E-state index in [1.165, 1.54) is 0 Å². The molecule has 0 spiro atoms. The zero-order valence-corrected chi connectivity index (χ0v) is 14.1. The maximum atomic E-state index is 12.5. The lowest BCUT2D eigenvalue weighted by atomic mass is 9.69. The molecule has 1 atom stereocenters. The van der Waals surface area contributed by atoms with Crippen molar-refractivity contribution in [3.8, 4) is 0 Å². The molecule has 1 aromatic rings. The monoisotopic (exact) mass is 366 g/mol. The van der Waals surface area contributed by atoms with E-state index in [1.54, 1.807) is 31.2 Å². The van der Waals surface area contributed by atoms with Crippen molar-refractivity contribution < 1.29 is 19.1 Å². The van der Waals surface area contributed by atoms with Crippen molar-refractivity contribution in [2.45, 2.75) is 39.0 Å². The van der Waals surface area contributed by atoms with Gasteiger partial charge in [-0.2, -0.15) is 0 Å². The molecule has 1 saturated carbocycles. The average Bonchev–Trinajstić information content (AvgIpc) is 2.50. The van der Waals surface area contributed by atoms with E-state index in [9.17, 15) is 14.4 Å². The molecule has 0 aromatic heterocycles. The Bertz CT molecular complexity index is 579. The van der Waals surface area contributed by atoms with Crippen molar-refractivity contribution in [1.29, 1.82) is 0 Å². The lowest BCUT2D eigenvalue weighted by molar-refractivity contribution is -0.162. The molecule has 0 N–H and O–H groups in total. The van der Waals surface area contributed by atoms with Gasteiger partial charge in [0.1, 0.15) is 5.41 Å². The summed E-state index contributed by atoms with van der Waals surface area (Å²) in [4.78, 5) is 37.2. The molecule has 2 rings (SSSR count). The number of ketones is 2. The number of ether oxygens (including phenoxy) is 1. The van der Waals surface area contributed by atoms with Crippen LogP contribution in [0.2, 0.25) is 0 Å². The maximum Gasteiger partial charge on any atom is 0.320 e. The number of halogens is 1. The van der Waals surface area contributed by atoms with Crippen LogP contribution in [0.5, 0.6) is 0 Å². The maximum absolute atomic E-state index is 12.5. The van der Waals surface area contributed by atoms with Crippen LogP contribution in [0.15, 0.2) is 28.7 Å². The summed E-state index contributed by atoms with van der Waals surface area (Å²) in [5, 5.41) is 0. The molecular weight excluding hydrogens is 348 g/mol. The summed E-state index contributed by atoms with van der Waals surface area (Å²) in [5.41, 5.74) is -0.788. The quantitative estimate of drug-likeness (QED) is 0.452. The fourth-order valence-corrected chi connectivity index (χ4v) is 3.11. The normalized spacial score (nSPS) is 21.5. The van der Waals surface area contributed by atoms with E-state index in [2.05, 4.69) is 15.9 Å². The van der Waals surface area contributed by atoms with E-state index >= 15 is 0 Å². The largest absolute Gasteiger partial charge is 0.465 e. The van der Waals surface area contributed by atoms with Crippen molar-refractivity contribution in [2.24, 2.45) is 5.41 Å². The second-order valence-electron chi connectivity index (χ2n) is 5.54. The number of Topliss-reactive ketones (excluding diaryl/α,β-unsaturated/α-hetero) is 2. The van der Waals surface area contributed by atoms with Gasteiger partial charge in [0.25, 0.3) is 0 Å². The number of benzene rings is 1. The van der Waals surface area contributed by atoms with E-state index in [-0.39, 0.29) is 24.6 Å². The smallest absolute Gasteiger partial charge is 0.320 e. The minimum Gasteiger partial charge on any atom is -0.465 e. The van der Waals surface area contributed by atoms with Crippen LogP contribution in [-0.2, 0) is 14.3 Å². The highest BCUT2D eigenvalue weighted by atomic mass is 79.9. The molecule has 5 heteroatoms. The summed E-state index contributed by atoms with van der Waals surface area (Å²) < 4.78 is 5.96. The lowest BCUT2D eigenvalue weighted by Gasteiger charge is -2.32. The Balaban J connectivity index is 2.26. The van der Waals surface area contributed by atoms with Gasteiger partial charge in [-0.05, 0) is 31.9 Å². The molecule has 1 unspecified atom stereocenters. The van der Waals surface area contributed by atoms with Crippen LogP contribution in [-0.4, -0.2) is 24.1 Å². The van der Waals surface area contributed by atoms with Gasteiger partial charge in [-0.3, -0.25) is 14.4 Å². The van der Waals surface area contributed by atoms with Crippen molar-refractivity contribution in [3.05, 3.63) is 34.3 Å². The van der Waals surface area contributed by atoms with Crippen LogP contribution in [0.4, 0.5) is 0 Å². The molecule has 0 radical (unpaired) electrons. The first kappa shape index (κ1) is 16.9. The van der Waals surface area contributed by atoms with Gasteiger partial charge in [0, 0.05) is 22.9 Å². The average molecular weight is 367 g/mol. The van der Waals surface area contributed by atoms with Crippen LogP contribution in [0.3, 0.4) is 0 Å². The minimum absolute atomic E-state index is 0.105. The first-order valence-corrected chi connectivity index (χ1v) is 8.28. The highest BCUT2D eigenvalue weighted by molar-refractivity contribution is 9.10. The predicted molar refractivity (Wildman–Crippen MR) is 85.6 cm³/mol. The van der Waals surface area contributed by atoms with Gasteiger partial charge in [0.05, 0.1) is 6.61 Å². The lowest BCUT2D eigenvalue weighted by Crippen LogP contribution is -2.44. The summed E-state index contributed by atoms with van der Waals surface area (Å²) in [7, 11) is 0. The predicted octanol–water partition coefficient (Wildman–Crippen LogP) is 3.71. The third kappa shape index (κ3) is 3.46. The summed E-state index contributed by atoms with van der Waals surface area (Å²) >= 11 is 3.32. The summed E-state index contributed by atoms with van der Waals surface area (Å²) in [5.74, 6) is -0.913. The molecule has 22 heavy (non-hydrogen) atoms. The van der Waals surface area contributed by atoms with Gasteiger partial charge in [0.2, 0.25) is 0 Å². The Kier molecular flexibility index (Phi) is 5.51. The first-order chi connectivity index (χ1) is 10.5.